The zero-order valence-corrected chi connectivity index (χ0v) is 11.7. The van der Waals surface area contributed by atoms with E-state index in [9.17, 15) is 22.0 Å². The number of hydrogen-bond donors (Lipinski definition) is 1. The highest BCUT2D eigenvalue weighted by Gasteiger charge is 2.31. The third-order valence-electron chi connectivity index (χ3n) is 2.77. The van der Waals surface area contributed by atoms with Gasteiger partial charge in [-0.1, -0.05) is 12.1 Å². The Kier molecular flexibility index (Phi) is 5.73. The minimum atomic E-state index is -4.79. The van der Waals surface area contributed by atoms with Gasteiger partial charge in [0.1, 0.15) is 17.4 Å². The fourth-order valence-corrected chi connectivity index (χ4v) is 1.81. The largest absolute Gasteiger partial charge is 0.573 e. The fourth-order valence-electron chi connectivity index (χ4n) is 1.81. The Morgan fingerprint density at radius 1 is 0.955 bits per heavy atom. The van der Waals surface area contributed by atoms with Crippen molar-refractivity contribution in [3.63, 3.8) is 0 Å². The van der Waals surface area contributed by atoms with E-state index in [0.717, 1.165) is 30.3 Å². The Labute approximate surface area is 129 Å². The summed E-state index contributed by atoms with van der Waals surface area (Å²) in [5.74, 6) is -1.77. The normalized spacial score (nSPS) is 12.5. The van der Waals surface area contributed by atoms with Gasteiger partial charge in [-0.25, -0.2) is 8.78 Å². The van der Waals surface area contributed by atoms with Gasteiger partial charge in [-0.05, 0) is 35.9 Å². The van der Waals surface area contributed by atoms with Crippen LogP contribution in [-0.2, 0) is 0 Å². The third kappa shape index (κ3) is 4.57. The van der Waals surface area contributed by atoms with Crippen molar-refractivity contribution in [3.05, 3.63) is 65.2 Å². The average molecular weight is 340 g/mol. The molecule has 0 unspecified atom stereocenters. The average Bonchev–Trinajstić information content (AvgIpc) is 2.40. The summed E-state index contributed by atoms with van der Waals surface area (Å²) in [5.41, 5.74) is 6.04. The first kappa shape index (κ1) is 18.2. The van der Waals surface area contributed by atoms with Gasteiger partial charge in [-0.15, -0.1) is 25.6 Å². The highest BCUT2D eigenvalue weighted by atomic mass is 35.5. The molecule has 2 N–H and O–H groups in total. The van der Waals surface area contributed by atoms with Gasteiger partial charge < -0.3 is 10.5 Å². The van der Waals surface area contributed by atoms with Gasteiger partial charge >= 0.3 is 6.36 Å². The summed E-state index contributed by atoms with van der Waals surface area (Å²) in [6, 6.07) is 6.46. The topological polar surface area (TPSA) is 35.2 Å². The predicted octanol–water partition coefficient (Wildman–Crippen LogP) is 4.33. The molecule has 0 fully saturated rings. The van der Waals surface area contributed by atoms with Gasteiger partial charge in [0.25, 0.3) is 0 Å². The lowest BCUT2D eigenvalue weighted by atomic mass is 9.99. The van der Waals surface area contributed by atoms with Crippen molar-refractivity contribution in [2.24, 2.45) is 5.73 Å². The minimum Gasteiger partial charge on any atom is -0.406 e. The molecule has 0 spiro atoms. The summed E-state index contributed by atoms with van der Waals surface area (Å²) in [6.07, 6.45) is -4.79. The van der Waals surface area contributed by atoms with Crippen LogP contribution < -0.4 is 10.5 Å². The second-order valence-electron chi connectivity index (χ2n) is 4.26. The van der Waals surface area contributed by atoms with E-state index in [1.54, 1.807) is 0 Å². The van der Waals surface area contributed by atoms with Crippen LogP contribution in [0.15, 0.2) is 42.5 Å². The molecule has 22 heavy (non-hydrogen) atoms. The number of ether oxygens (including phenoxy) is 1. The zero-order valence-electron chi connectivity index (χ0n) is 10.9. The maximum Gasteiger partial charge on any atom is 0.573 e. The molecule has 0 aromatic heterocycles. The number of alkyl halides is 3. The van der Waals surface area contributed by atoms with Gasteiger partial charge in [-0.3, -0.25) is 0 Å². The Bertz CT molecular complexity index is 630. The summed E-state index contributed by atoms with van der Waals surface area (Å²) < 4.78 is 66.5. The SMILES string of the molecule is Cl.N[C@@H](c1ccc(OC(F)(F)F)cc1)c1cc(F)ccc1F. The molecule has 0 aliphatic carbocycles. The summed E-state index contributed by atoms with van der Waals surface area (Å²) >= 11 is 0. The lowest BCUT2D eigenvalue weighted by Gasteiger charge is -2.15. The van der Waals surface area contributed by atoms with Crippen molar-refractivity contribution in [2.75, 3.05) is 0 Å². The van der Waals surface area contributed by atoms with Crippen LogP contribution in [0, 0.1) is 11.6 Å². The van der Waals surface area contributed by atoms with E-state index < -0.39 is 29.8 Å². The summed E-state index contributed by atoms with van der Waals surface area (Å²) in [5, 5.41) is 0. The van der Waals surface area contributed by atoms with Crippen LogP contribution in [-0.4, -0.2) is 6.36 Å². The molecule has 2 rings (SSSR count). The molecule has 0 amide bonds. The van der Waals surface area contributed by atoms with Gasteiger partial charge in [0.2, 0.25) is 0 Å². The second kappa shape index (κ2) is 6.93. The smallest absolute Gasteiger partial charge is 0.406 e. The molecule has 2 aromatic rings. The second-order valence-corrected chi connectivity index (χ2v) is 4.26. The first-order valence-electron chi connectivity index (χ1n) is 5.82. The molecule has 0 saturated heterocycles. The molecule has 120 valence electrons. The summed E-state index contributed by atoms with van der Waals surface area (Å²) in [7, 11) is 0. The van der Waals surface area contributed by atoms with Crippen LogP contribution in [0.4, 0.5) is 22.0 Å². The first-order valence-corrected chi connectivity index (χ1v) is 5.82. The molecule has 0 aliphatic rings. The molecular weight excluding hydrogens is 329 g/mol. The van der Waals surface area contributed by atoms with Crippen LogP contribution in [0.3, 0.4) is 0 Å². The third-order valence-corrected chi connectivity index (χ3v) is 2.77. The lowest BCUT2D eigenvalue weighted by Crippen LogP contribution is -2.17. The van der Waals surface area contributed by atoms with Crippen molar-refractivity contribution < 1.29 is 26.7 Å². The molecule has 0 radical (unpaired) electrons. The molecule has 0 bridgehead atoms. The Hall–Kier alpha value is -1.86. The molecule has 2 aromatic carbocycles. The van der Waals surface area contributed by atoms with E-state index >= 15 is 0 Å². The van der Waals surface area contributed by atoms with Gasteiger partial charge in [0.15, 0.2) is 0 Å². The van der Waals surface area contributed by atoms with Crippen molar-refractivity contribution in [2.45, 2.75) is 12.4 Å². The minimum absolute atomic E-state index is 0. The maximum absolute atomic E-state index is 13.6. The van der Waals surface area contributed by atoms with Crippen LogP contribution >= 0.6 is 12.4 Å². The fraction of sp³-hybridized carbons (Fsp3) is 0.143. The van der Waals surface area contributed by atoms with Crippen LogP contribution in [0.5, 0.6) is 5.75 Å². The molecule has 0 aliphatic heterocycles. The molecule has 2 nitrogen and oxygen atoms in total. The number of rotatable bonds is 3. The number of halogens is 6. The van der Waals surface area contributed by atoms with Crippen molar-refractivity contribution in [1.82, 2.24) is 0 Å². The van der Waals surface area contributed by atoms with E-state index in [4.69, 9.17) is 5.73 Å². The highest BCUT2D eigenvalue weighted by molar-refractivity contribution is 5.85. The van der Waals surface area contributed by atoms with Gasteiger partial charge in [-0.2, -0.15) is 0 Å². The Balaban J connectivity index is 0.00000242. The number of benzene rings is 2. The molecule has 0 saturated carbocycles. The van der Waals surface area contributed by atoms with E-state index in [1.165, 1.54) is 12.1 Å². The monoisotopic (exact) mass is 339 g/mol. The van der Waals surface area contributed by atoms with Crippen LogP contribution in [0.25, 0.3) is 0 Å². The van der Waals surface area contributed by atoms with Gasteiger partial charge in [0, 0.05) is 5.56 Å². The van der Waals surface area contributed by atoms with E-state index in [1.807, 2.05) is 0 Å². The first-order chi connectivity index (χ1) is 9.76. The molecule has 8 heteroatoms. The van der Waals surface area contributed by atoms with E-state index in [0.29, 0.717) is 5.56 Å². The van der Waals surface area contributed by atoms with E-state index in [-0.39, 0.29) is 18.0 Å². The highest BCUT2D eigenvalue weighted by Crippen LogP contribution is 2.27. The molecule has 1 atom stereocenters. The van der Waals surface area contributed by atoms with Crippen molar-refractivity contribution in [3.8, 4) is 5.75 Å². The Morgan fingerprint density at radius 2 is 1.55 bits per heavy atom. The van der Waals surface area contributed by atoms with Crippen molar-refractivity contribution >= 4 is 12.4 Å². The number of hydrogen-bond acceptors (Lipinski definition) is 2. The molecular formula is C14H11ClF5NO. The van der Waals surface area contributed by atoms with E-state index in [2.05, 4.69) is 4.74 Å². The quantitative estimate of drug-likeness (QED) is 0.845. The van der Waals surface area contributed by atoms with Crippen LogP contribution in [0.2, 0.25) is 0 Å². The predicted molar refractivity (Wildman–Crippen MR) is 72.8 cm³/mol. The van der Waals surface area contributed by atoms with Crippen LogP contribution in [0.1, 0.15) is 17.2 Å². The standard InChI is InChI=1S/C14H10F5NO.ClH/c15-9-3-6-12(16)11(7-9)13(20)8-1-4-10(5-2-8)21-14(17,18)19;/h1-7,13H,20H2;1H/t13-;/m0./s1. The zero-order chi connectivity index (χ0) is 15.6. The summed E-state index contributed by atoms with van der Waals surface area (Å²) in [6.45, 7) is 0. The van der Waals surface area contributed by atoms with Gasteiger partial charge in [0.05, 0.1) is 6.04 Å². The lowest BCUT2D eigenvalue weighted by molar-refractivity contribution is -0.274. The Morgan fingerprint density at radius 3 is 2.09 bits per heavy atom. The summed E-state index contributed by atoms with van der Waals surface area (Å²) in [4.78, 5) is 0. The molecule has 0 heterocycles. The maximum atomic E-state index is 13.6. The van der Waals surface area contributed by atoms with Crippen molar-refractivity contribution in [1.29, 1.82) is 0 Å². The number of nitrogens with two attached hydrogens (primary N) is 1.